The molecular weight excluding hydrogens is 451 g/mol. The van der Waals surface area contributed by atoms with Gasteiger partial charge < -0.3 is 24.2 Å². The highest BCUT2D eigenvalue weighted by molar-refractivity contribution is 5.79. The number of benzene rings is 1. The number of ether oxygens (including phenoxy) is 2. The highest BCUT2D eigenvalue weighted by Crippen LogP contribution is 2.35. The van der Waals surface area contributed by atoms with Crippen LogP contribution in [0.5, 0.6) is 5.75 Å². The number of nitrogens with zero attached hydrogens (tertiary/aromatic N) is 4. The SMILES string of the molecule is CCN1CCN(CC(=O)N2CCCC(COc3ccc(F)cc3)(CC(=O)N3CCOCC3)C2)CC1. The zero-order valence-corrected chi connectivity index (χ0v) is 20.9. The Morgan fingerprint density at radius 1 is 0.943 bits per heavy atom. The lowest BCUT2D eigenvalue weighted by molar-refractivity contribution is -0.144. The summed E-state index contributed by atoms with van der Waals surface area (Å²) in [4.78, 5) is 34.9. The molecule has 0 saturated carbocycles. The summed E-state index contributed by atoms with van der Waals surface area (Å²) in [6, 6.07) is 5.95. The molecule has 4 rings (SSSR count). The highest BCUT2D eigenvalue weighted by atomic mass is 19.1. The lowest BCUT2D eigenvalue weighted by Gasteiger charge is -2.44. The first-order valence-electron chi connectivity index (χ1n) is 12.9. The van der Waals surface area contributed by atoms with E-state index in [1.807, 2.05) is 9.80 Å². The first kappa shape index (κ1) is 25.9. The average molecular weight is 491 g/mol. The Labute approximate surface area is 207 Å². The van der Waals surface area contributed by atoms with Crippen molar-refractivity contribution >= 4 is 11.8 Å². The fourth-order valence-corrected chi connectivity index (χ4v) is 5.30. The van der Waals surface area contributed by atoms with Crippen molar-refractivity contribution in [2.45, 2.75) is 26.2 Å². The number of carbonyl (C=O) groups is 2. The van der Waals surface area contributed by atoms with Crippen LogP contribution in [0.15, 0.2) is 24.3 Å². The van der Waals surface area contributed by atoms with Crippen molar-refractivity contribution in [2.75, 3.05) is 85.3 Å². The second-order valence-corrected chi connectivity index (χ2v) is 10.0. The first-order chi connectivity index (χ1) is 17.0. The number of likely N-dealkylation sites (tertiary alicyclic amines) is 1. The van der Waals surface area contributed by atoms with Crippen LogP contribution in [-0.2, 0) is 14.3 Å². The molecule has 3 heterocycles. The van der Waals surface area contributed by atoms with E-state index in [0.717, 1.165) is 45.6 Å². The molecule has 8 nitrogen and oxygen atoms in total. The van der Waals surface area contributed by atoms with Crippen LogP contribution in [0.3, 0.4) is 0 Å². The fourth-order valence-electron chi connectivity index (χ4n) is 5.30. The van der Waals surface area contributed by atoms with Crippen molar-refractivity contribution in [3.63, 3.8) is 0 Å². The van der Waals surface area contributed by atoms with Gasteiger partial charge in [-0.3, -0.25) is 14.5 Å². The maximum absolute atomic E-state index is 13.3. The zero-order valence-electron chi connectivity index (χ0n) is 20.9. The van der Waals surface area contributed by atoms with Crippen molar-refractivity contribution in [1.29, 1.82) is 0 Å². The molecule has 3 saturated heterocycles. The van der Waals surface area contributed by atoms with Crippen LogP contribution in [0.2, 0.25) is 0 Å². The number of hydrogen-bond acceptors (Lipinski definition) is 6. The van der Waals surface area contributed by atoms with Crippen LogP contribution in [0.1, 0.15) is 26.2 Å². The Bertz CT molecular complexity index is 840. The maximum atomic E-state index is 13.3. The quantitative estimate of drug-likeness (QED) is 0.553. The van der Waals surface area contributed by atoms with Crippen molar-refractivity contribution in [1.82, 2.24) is 19.6 Å². The molecule has 3 fully saturated rings. The zero-order chi connectivity index (χ0) is 24.7. The van der Waals surface area contributed by atoms with Crippen LogP contribution in [0.4, 0.5) is 4.39 Å². The van der Waals surface area contributed by atoms with Gasteiger partial charge in [-0.2, -0.15) is 0 Å². The van der Waals surface area contributed by atoms with Gasteiger partial charge in [-0.25, -0.2) is 4.39 Å². The Balaban J connectivity index is 1.42. The minimum atomic E-state index is -0.474. The number of morpholine rings is 1. The van der Waals surface area contributed by atoms with E-state index in [4.69, 9.17) is 9.47 Å². The molecule has 1 aromatic rings. The van der Waals surface area contributed by atoms with Crippen LogP contribution in [0, 0.1) is 11.2 Å². The third-order valence-electron chi connectivity index (χ3n) is 7.53. The predicted molar refractivity (Wildman–Crippen MR) is 131 cm³/mol. The number of carbonyl (C=O) groups excluding carboxylic acids is 2. The third-order valence-corrected chi connectivity index (χ3v) is 7.53. The van der Waals surface area contributed by atoms with E-state index in [0.29, 0.717) is 64.7 Å². The van der Waals surface area contributed by atoms with Crippen LogP contribution >= 0.6 is 0 Å². The predicted octanol–water partition coefficient (Wildman–Crippen LogP) is 1.70. The largest absolute Gasteiger partial charge is 0.493 e. The van der Waals surface area contributed by atoms with E-state index in [1.54, 1.807) is 12.1 Å². The average Bonchev–Trinajstić information content (AvgIpc) is 2.89. The smallest absolute Gasteiger partial charge is 0.236 e. The molecule has 3 aliphatic heterocycles. The summed E-state index contributed by atoms with van der Waals surface area (Å²) in [5.74, 6) is 0.464. The molecule has 1 atom stereocenters. The minimum absolute atomic E-state index is 0.0843. The number of amides is 2. The van der Waals surface area contributed by atoms with Crippen LogP contribution in [-0.4, -0.2) is 117 Å². The number of rotatable bonds is 8. The third kappa shape index (κ3) is 7.15. The van der Waals surface area contributed by atoms with E-state index in [-0.39, 0.29) is 17.6 Å². The Hall–Kier alpha value is -2.23. The molecule has 9 heteroatoms. The molecule has 0 spiro atoms. The van der Waals surface area contributed by atoms with E-state index in [2.05, 4.69) is 16.7 Å². The Morgan fingerprint density at radius 3 is 2.31 bits per heavy atom. The van der Waals surface area contributed by atoms with E-state index in [9.17, 15) is 14.0 Å². The minimum Gasteiger partial charge on any atom is -0.493 e. The molecule has 3 aliphatic rings. The standard InChI is InChI=1S/C26H39FN4O4/c1-2-28-10-12-29(13-11-28)19-25(33)31-9-3-8-26(20-31,18-24(32)30-14-16-34-17-15-30)21-35-23-6-4-22(27)5-7-23/h4-7H,2-3,8-21H2,1H3. The van der Waals surface area contributed by atoms with E-state index >= 15 is 0 Å². The van der Waals surface area contributed by atoms with E-state index in [1.165, 1.54) is 12.1 Å². The second-order valence-electron chi connectivity index (χ2n) is 10.0. The Morgan fingerprint density at radius 2 is 1.63 bits per heavy atom. The summed E-state index contributed by atoms with van der Waals surface area (Å²) in [5, 5.41) is 0. The maximum Gasteiger partial charge on any atom is 0.236 e. The molecule has 194 valence electrons. The van der Waals surface area contributed by atoms with Gasteiger partial charge in [0.2, 0.25) is 11.8 Å². The topological polar surface area (TPSA) is 65.6 Å². The summed E-state index contributed by atoms with van der Waals surface area (Å²) >= 11 is 0. The van der Waals surface area contributed by atoms with Gasteiger partial charge in [0.25, 0.3) is 0 Å². The van der Waals surface area contributed by atoms with Crippen molar-refractivity contribution < 1.29 is 23.5 Å². The van der Waals surface area contributed by atoms with Gasteiger partial charge in [0.1, 0.15) is 11.6 Å². The van der Waals surface area contributed by atoms with Gasteiger partial charge in [-0.15, -0.1) is 0 Å². The van der Waals surface area contributed by atoms with Gasteiger partial charge >= 0.3 is 0 Å². The first-order valence-corrected chi connectivity index (χ1v) is 12.9. The molecule has 1 aromatic carbocycles. The summed E-state index contributed by atoms with van der Waals surface area (Å²) in [5.41, 5.74) is -0.474. The van der Waals surface area contributed by atoms with Gasteiger partial charge in [0.15, 0.2) is 0 Å². The normalized spacial score (nSPS) is 24.4. The molecular formula is C26H39FN4O4. The lowest BCUT2D eigenvalue weighted by atomic mass is 9.77. The number of likely N-dealkylation sites (N-methyl/N-ethyl adjacent to an activating group) is 1. The van der Waals surface area contributed by atoms with Gasteiger partial charge in [0, 0.05) is 64.2 Å². The van der Waals surface area contributed by atoms with Crippen molar-refractivity contribution in [2.24, 2.45) is 5.41 Å². The van der Waals surface area contributed by atoms with Crippen LogP contribution < -0.4 is 4.74 Å². The fraction of sp³-hybridized carbons (Fsp3) is 0.692. The number of hydrogen-bond donors (Lipinski definition) is 0. The monoisotopic (exact) mass is 490 g/mol. The summed E-state index contributed by atoms with van der Waals surface area (Å²) in [6.45, 7) is 11.3. The lowest BCUT2D eigenvalue weighted by Crippen LogP contribution is -2.55. The Kier molecular flexibility index (Phi) is 8.97. The van der Waals surface area contributed by atoms with Crippen LogP contribution in [0.25, 0.3) is 0 Å². The molecule has 2 amide bonds. The molecule has 35 heavy (non-hydrogen) atoms. The number of piperazine rings is 1. The van der Waals surface area contributed by atoms with Crippen molar-refractivity contribution in [3.05, 3.63) is 30.1 Å². The van der Waals surface area contributed by atoms with Gasteiger partial charge in [-0.1, -0.05) is 6.92 Å². The summed E-state index contributed by atoms with van der Waals surface area (Å²) in [6.07, 6.45) is 1.97. The molecule has 0 N–H and O–H groups in total. The molecule has 0 aromatic heterocycles. The molecule has 0 aliphatic carbocycles. The number of piperidine rings is 1. The summed E-state index contributed by atoms with van der Waals surface area (Å²) < 4.78 is 24.8. The molecule has 1 unspecified atom stereocenters. The van der Waals surface area contributed by atoms with Crippen molar-refractivity contribution in [3.8, 4) is 5.75 Å². The number of halogens is 1. The summed E-state index contributed by atoms with van der Waals surface area (Å²) in [7, 11) is 0. The second kappa shape index (κ2) is 12.1. The van der Waals surface area contributed by atoms with Gasteiger partial charge in [-0.05, 0) is 43.7 Å². The molecule has 0 radical (unpaired) electrons. The van der Waals surface area contributed by atoms with Gasteiger partial charge in [0.05, 0.1) is 26.4 Å². The molecule has 0 bridgehead atoms. The van der Waals surface area contributed by atoms with E-state index < -0.39 is 5.41 Å². The highest BCUT2D eigenvalue weighted by Gasteiger charge is 2.41.